The number of furan rings is 1. The van der Waals surface area contributed by atoms with E-state index in [2.05, 4.69) is 5.32 Å². The average Bonchev–Trinajstić information content (AvgIpc) is 3.16. The summed E-state index contributed by atoms with van der Waals surface area (Å²) in [7, 11) is 1.74. The summed E-state index contributed by atoms with van der Waals surface area (Å²) in [5, 5.41) is 4.62. The molecule has 2 atom stereocenters. The first kappa shape index (κ1) is 15.3. The van der Waals surface area contributed by atoms with Crippen LogP contribution in [0.4, 0.5) is 0 Å². The number of nitrogens with one attached hydrogen (secondary N) is 1. The summed E-state index contributed by atoms with van der Waals surface area (Å²) in [6, 6.07) is 6.49. The van der Waals surface area contributed by atoms with E-state index in [-0.39, 0.29) is 17.7 Å². The molecule has 0 spiro atoms. The lowest BCUT2D eigenvalue weighted by Gasteiger charge is -2.27. The molecule has 0 fully saturated rings. The monoisotopic (exact) mass is 306 g/mol. The van der Waals surface area contributed by atoms with Crippen LogP contribution in [0.5, 0.6) is 0 Å². The molecule has 0 saturated heterocycles. The van der Waals surface area contributed by atoms with E-state index in [1.165, 1.54) is 6.26 Å². The molecule has 1 N–H and O–H groups in total. The average molecular weight is 306 g/mol. The molecular formula is C15H18N2O3S. The summed E-state index contributed by atoms with van der Waals surface area (Å²) >= 11 is 1.60. The van der Waals surface area contributed by atoms with Gasteiger partial charge in [0.2, 0.25) is 5.91 Å². The number of carbonyl (C=O) groups excluding carboxylic acids is 2. The minimum absolute atomic E-state index is 0.0273. The molecule has 0 saturated carbocycles. The van der Waals surface area contributed by atoms with E-state index in [1.54, 1.807) is 42.3 Å². The molecule has 2 heterocycles. The molecule has 6 heteroatoms. The lowest BCUT2D eigenvalue weighted by molar-refractivity contribution is -0.133. The maximum absolute atomic E-state index is 12.4. The van der Waals surface area contributed by atoms with Crippen molar-refractivity contribution in [2.24, 2.45) is 0 Å². The van der Waals surface area contributed by atoms with Gasteiger partial charge in [-0.2, -0.15) is 0 Å². The minimum Gasteiger partial charge on any atom is -0.459 e. The Morgan fingerprint density at radius 1 is 1.29 bits per heavy atom. The van der Waals surface area contributed by atoms with Crippen molar-refractivity contribution in [3.8, 4) is 0 Å². The molecule has 0 radical (unpaired) electrons. The van der Waals surface area contributed by atoms with Crippen LogP contribution in [-0.4, -0.2) is 29.8 Å². The normalized spacial score (nSPS) is 13.5. The Labute approximate surface area is 127 Å². The zero-order valence-electron chi connectivity index (χ0n) is 12.2. The van der Waals surface area contributed by atoms with Gasteiger partial charge in [0.15, 0.2) is 5.76 Å². The van der Waals surface area contributed by atoms with Crippen LogP contribution < -0.4 is 5.32 Å². The first-order valence-electron chi connectivity index (χ1n) is 6.65. The topological polar surface area (TPSA) is 62.6 Å². The van der Waals surface area contributed by atoms with Crippen molar-refractivity contribution >= 4 is 23.2 Å². The van der Waals surface area contributed by atoms with E-state index in [1.807, 2.05) is 24.4 Å². The quantitative estimate of drug-likeness (QED) is 0.924. The predicted octanol–water partition coefficient (Wildman–Crippen LogP) is 2.68. The number of nitrogens with zero attached hydrogens (tertiary/aromatic N) is 1. The minimum atomic E-state index is -0.616. The summed E-state index contributed by atoms with van der Waals surface area (Å²) in [6.07, 6.45) is 1.42. The molecule has 5 nitrogen and oxygen atoms in total. The summed E-state index contributed by atoms with van der Waals surface area (Å²) in [5.41, 5.74) is 0. The van der Waals surface area contributed by atoms with Gasteiger partial charge in [-0.3, -0.25) is 9.59 Å². The lowest BCUT2D eigenvalue weighted by Crippen LogP contribution is -2.46. The highest BCUT2D eigenvalue weighted by atomic mass is 32.1. The van der Waals surface area contributed by atoms with Crippen LogP contribution in [0.1, 0.15) is 35.3 Å². The molecule has 0 aliphatic heterocycles. The predicted molar refractivity (Wildman–Crippen MR) is 81.1 cm³/mol. The van der Waals surface area contributed by atoms with Gasteiger partial charge < -0.3 is 14.6 Å². The van der Waals surface area contributed by atoms with Crippen LogP contribution in [0.3, 0.4) is 0 Å². The molecular weight excluding hydrogens is 288 g/mol. The molecule has 0 aliphatic carbocycles. The SMILES string of the molecule is CC(NC(=O)c1ccco1)C(=O)N(C)C(C)c1cccs1. The molecule has 2 aromatic rings. The van der Waals surface area contributed by atoms with Crippen molar-refractivity contribution in [3.05, 3.63) is 46.5 Å². The van der Waals surface area contributed by atoms with Crippen LogP contribution in [-0.2, 0) is 4.79 Å². The molecule has 0 aliphatic rings. The molecule has 0 aromatic carbocycles. The van der Waals surface area contributed by atoms with Crippen LogP contribution in [0, 0.1) is 0 Å². The first-order valence-corrected chi connectivity index (χ1v) is 7.53. The molecule has 2 aromatic heterocycles. The molecule has 112 valence electrons. The number of rotatable bonds is 5. The van der Waals surface area contributed by atoms with E-state index in [4.69, 9.17) is 4.42 Å². The van der Waals surface area contributed by atoms with Gasteiger partial charge in [-0.25, -0.2) is 0 Å². The van der Waals surface area contributed by atoms with Gasteiger partial charge in [0, 0.05) is 11.9 Å². The Balaban J connectivity index is 1.97. The van der Waals surface area contributed by atoms with E-state index in [0.29, 0.717) is 0 Å². The van der Waals surface area contributed by atoms with E-state index < -0.39 is 11.9 Å². The van der Waals surface area contributed by atoms with Gasteiger partial charge in [-0.15, -0.1) is 11.3 Å². The zero-order chi connectivity index (χ0) is 15.4. The fraction of sp³-hybridized carbons (Fsp3) is 0.333. The number of likely N-dealkylation sites (N-methyl/N-ethyl adjacent to an activating group) is 1. The standard InChI is InChI=1S/C15H18N2O3S/c1-10(16-14(18)12-6-4-8-20-12)15(19)17(3)11(2)13-7-5-9-21-13/h4-11H,1-3H3,(H,16,18). The van der Waals surface area contributed by atoms with Gasteiger partial charge in [0.05, 0.1) is 12.3 Å². The third-order valence-electron chi connectivity index (χ3n) is 3.35. The Morgan fingerprint density at radius 2 is 2.05 bits per heavy atom. The van der Waals surface area contributed by atoms with Crippen molar-refractivity contribution in [2.75, 3.05) is 7.05 Å². The molecule has 2 unspecified atom stereocenters. The second kappa shape index (κ2) is 6.58. The summed E-state index contributed by atoms with van der Waals surface area (Å²) in [4.78, 5) is 27.0. The van der Waals surface area contributed by atoms with Gasteiger partial charge in [0.25, 0.3) is 5.91 Å². The Kier molecular flexibility index (Phi) is 4.80. The molecule has 0 bridgehead atoms. The van der Waals surface area contributed by atoms with Gasteiger partial charge in [-0.1, -0.05) is 6.07 Å². The van der Waals surface area contributed by atoms with E-state index in [9.17, 15) is 9.59 Å². The maximum Gasteiger partial charge on any atom is 0.287 e. The summed E-state index contributed by atoms with van der Waals surface area (Å²) in [5.74, 6) is -0.336. The Bertz CT molecular complexity index is 592. The highest BCUT2D eigenvalue weighted by molar-refractivity contribution is 7.10. The second-order valence-corrected chi connectivity index (χ2v) is 5.79. The zero-order valence-corrected chi connectivity index (χ0v) is 13.0. The first-order chi connectivity index (χ1) is 10.0. The fourth-order valence-corrected chi connectivity index (χ4v) is 2.78. The summed E-state index contributed by atoms with van der Waals surface area (Å²) < 4.78 is 5.01. The van der Waals surface area contributed by atoms with E-state index >= 15 is 0 Å². The van der Waals surface area contributed by atoms with Gasteiger partial charge in [0.1, 0.15) is 6.04 Å². The van der Waals surface area contributed by atoms with Gasteiger partial charge in [-0.05, 0) is 37.4 Å². The second-order valence-electron chi connectivity index (χ2n) is 4.81. The maximum atomic E-state index is 12.4. The third-order valence-corrected chi connectivity index (χ3v) is 4.39. The van der Waals surface area contributed by atoms with Crippen molar-refractivity contribution in [1.82, 2.24) is 10.2 Å². The number of thiophene rings is 1. The number of hydrogen-bond acceptors (Lipinski definition) is 4. The van der Waals surface area contributed by atoms with Crippen LogP contribution in [0.2, 0.25) is 0 Å². The van der Waals surface area contributed by atoms with E-state index in [0.717, 1.165) is 4.88 Å². The van der Waals surface area contributed by atoms with Crippen LogP contribution in [0.25, 0.3) is 0 Å². The number of hydrogen-bond donors (Lipinski definition) is 1. The van der Waals surface area contributed by atoms with Crippen molar-refractivity contribution < 1.29 is 14.0 Å². The smallest absolute Gasteiger partial charge is 0.287 e. The van der Waals surface area contributed by atoms with Crippen LogP contribution in [0.15, 0.2) is 40.3 Å². The Morgan fingerprint density at radius 3 is 2.62 bits per heavy atom. The number of amides is 2. The molecule has 2 amide bonds. The van der Waals surface area contributed by atoms with Crippen LogP contribution >= 0.6 is 11.3 Å². The van der Waals surface area contributed by atoms with Crippen molar-refractivity contribution in [1.29, 1.82) is 0 Å². The molecule has 21 heavy (non-hydrogen) atoms. The highest BCUT2D eigenvalue weighted by Gasteiger charge is 2.25. The fourth-order valence-electron chi connectivity index (χ4n) is 1.95. The van der Waals surface area contributed by atoms with Crippen molar-refractivity contribution in [2.45, 2.75) is 25.9 Å². The van der Waals surface area contributed by atoms with Gasteiger partial charge >= 0.3 is 0 Å². The molecule has 2 rings (SSSR count). The summed E-state index contributed by atoms with van der Waals surface area (Å²) in [6.45, 7) is 3.63. The third kappa shape index (κ3) is 3.52. The lowest BCUT2D eigenvalue weighted by atomic mass is 10.2. The largest absolute Gasteiger partial charge is 0.459 e. The highest BCUT2D eigenvalue weighted by Crippen LogP contribution is 2.23. The number of carbonyl (C=O) groups is 2. The Hall–Kier alpha value is -2.08. The van der Waals surface area contributed by atoms with Crippen molar-refractivity contribution in [3.63, 3.8) is 0 Å².